The van der Waals surface area contributed by atoms with E-state index in [0.717, 1.165) is 13.1 Å². The summed E-state index contributed by atoms with van der Waals surface area (Å²) in [5.41, 5.74) is 10.3. The summed E-state index contributed by atoms with van der Waals surface area (Å²) in [4.78, 5) is 0. The normalized spacial score (nSPS) is 16.4. The lowest BCUT2D eigenvalue weighted by atomic mass is 9.90. The van der Waals surface area contributed by atoms with Crippen LogP contribution in [0, 0.1) is 11.8 Å². The molecule has 1 aromatic carbocycles. The Bertz CT molecular complexity index is 385. The molecule has 0 radical (unpaired) electrons. The number of aryl methyl sites for hydroxylation is 1. The van der Waals surface area contributed by atoms with Crippen LogP contribution in [0.2, 0.25) is 0 Å². The van der Waals surface area contributed by atoms with Crippen molar-refractivity contribution in [2.45, 2.75) is 39.5 Å². The molecule has 0 amide bonds. The van der Waals surface area contributed by atoms with E-state index in [-0.39, 0.29) is 0 Å². The van der Waals surface area contributed by atoms with Crippen LogP contribution in [0.3, 0.4) is 0 Å². The summed E-state index contributed by atoms with van der Waals surface area (Å²) in [7, 11) is 0. The van der Waals surface area contributed by atoms with Crippen LogP contribution >= 0.6 is 0 Å². The molecule has 1 aliphatic carbocycles. The smallest absolute Gasteiger partial charge is 0.0375 e. The van der Waals surface area contributed by atoms with Gasteiger partial charge in [0, 0.05) is 12.2 Å². The summed E-state index contributed by atoms with van der Waals surface area (Å²) in [6.07, 6.45) is 5.15. The van der Waals surface area contributed by atoms with Crippen molar-refractivity contribution in [1.82, 2.24) is 0 Å². The standard InChI is InChI=1S/C16H26N2/c1-12(2)14(10-17)11-18-16-9-5-7-13-6-3-4-8-15(13)16/h5,7,9,12,14,18H,3-4,6,8,10-11,17H2,1-2H3. The number of hydrogen-bond acceptors (Lipinski definition) is 2. The minimum Gasteiger partial charge on any atom is -0.384 e. The fourth-order valence-electron chi connectivity index (χ4n) is 2.78. The number of anilines is 1. The first kappa shape index (κ1) is 13.4. The van der Waals surface area contributed by atoms with Crippen molar-refractivity contribution in [1.29, 1.82) is 0 Å². The lowest BCUT2D eigenvalue weighted by Gasteiger charge is -2.24. The number of hydrogen-bond donors (Lipinski definition) is 2. The van der Waals surface area contributed by atoms with E-state index < -0.39 is 0 Å². The van der Waals surface area contributed by atoms with Crippen LogP contribution < -0.4 is 11.1 Å². The first-order chi connectivity index (χ1) is 8.72. The van der Waals surface area contributed by atoms with Crippen LogP contribution in [-0.2, 0) is 12.8 Å². The van der Waals surface area contributed by atoms with Crippen molar-refractivity contribution in [3.05, 3.63) is 29.3 Å². The lowest BCUT2D eigenvalue weighted by molar-refractivity contribution is 0.413. The second kappa shape index (κ2) is 6.24. The van der Waals surface area contributed by atoms with Gasteiger partial charge in [0.1, 0.15) is 0 Å². The minimum absolute atomic E-state index is 0.560. The van der Waals surface area contributed by atoms with Gasteiger partial charge in [-0.15, -0.1) is 0 Å². The fourth-order valence-corrected chi connectivity index (χ4v) is 2.78. The number of nitrogens with two attached hydrogens (primary N) is 1. The average molecular weight is 246 g/mol. The molecule has 3 N–H and O–H groups in total. The lowest BCUT2D eigenvalue weighted by Crippen LogP contribution is -2.27. The first-order valence-corrected chi connectivity index (χ1v) is 7.27. The van der Waals surface area contributed by atoms with Crippen LogP contribution in [0.4, 0.5) is 5.69 Å². The Morgan fingerprint density at radius 3 is 2.72 bits per heavy atom. The summed E-state index contributed by atoms with van der Waals surface area (Å²) >= 11 is 0. The zero-order valence-corrected chi connectivity index (χ0v) is 11.7. The molecular weight excluding hydrogens is 220 g/mol. The number of nitrogens with one attached hydrogen (secondary N) is 1. The Morgan fingerprint density at radius 2 is 2.00 bits per heavy atom. The van der Waals surface area contributed by atoms with E-state index in [9.17, 15) is 0 Å². The fraction of sp³-hybridized carbons (Fsp3) is 0.625. The molecule has 0 aromatic heterocycles. The van der Waals surface area contributed by atoms with E-state index in [1.165, 1.54) is 31.4 Å². The highest BCUT2D eigenvalue weighted by atomic mass is 14.9. The van der Waals surface area contributed by atoms with Gasteiger partial charge in [-0.3, -0.25) is 0 Å². The summed E-state index contributed by atoms with van der Waals surface area (Å²) in [6.45, 7) is 6.25. The van der Waals surface area contributed by atoms with Crippen LogP contribution in [-0.4, -0.2) is 13.1 Å². The number of rotatable bonds is 5. The summed E-state index contributed by atoms with van der Waals surface area (Å²) in [6, 6.07) is 6.68. The van der Waals surface area contributed by atoms with Crippen molar-refractivity contribution in [3.63, 3.8) is 0 Å². The molecule has 0 aliphatic heterocycles. The molecular formula is C16H26N2. The van der Waals surface area contributed by atoms with E-state index in [1.54, 1.807) is 11.1 Å². The van der Waals surface area contributed by atoms with Crippen LogP contribution in [0.15, 0.2) is 18.2 Å². The van der Waals surface area contributed by atoms with Gasteiger partial charge < -0.3 is 11.1 Å². The molecule has 1 aliphatic rings. The maximum Gasteiger partial charge on any atom is 0.0375 e. The van der Waals surface area contributed by atoms with Crippen molar-refractivity contribution in [2.75, 3.05) is 18.4 Å². The SMILES string of the molecule is CC(C)C(CN)CNc1cccc2c1CCCC2. The third kappa shape index (κ3) is 3.05. The topological polar surface area (TPSA) is 38.0 Å². The van der Waals surface area contributed by atoms with Gasteiger partial charge in [0.05, 0.1) is 0 Å². The predicted molar refractivity (Wildman–Crippen MR) is 79.0 cm³/mol. The number of benzene rings is 1. The van der Waals surface area contributed by atoms with Gasteiger partial charge in [-0.05, 0) is 61.3 Å². The molecule has 0 heterocycles. The molecule has 100 valence electrons. The predicted octanol–water partition coefficient (Wildman–Crippen LogP) is 3.21. The molecule has 2 heteroatoms. The Hall–Kier alpha value is -1.02. The van der Waals surface area contributed by atoms with E-state index in [1.807, 2.05) is 0 Å². The van der Waals surface area contributed by atoms with Gasteiger partial charge in [0.15, 0.2) is 0 Å². The van der Waals surface area contributed by atoms with E-state index >= 15 is 0 Å². The van der Waals surface area contributed by atoms with Crippen molar-refractivity contribution >= 4 is 5.69 Å². The molecule has 1 atom stereocenters. The van der Waals surface area contributed by atoms with E-state index in [2.05, 4.69) is 37.4 Å². The molecule has 1 aromatic rings. The maximum atomic E-state index is 5.84. The van der Waals surface area contributed by atoms with Crippen LogP contribution in [0.5, 0.6) is 0 Å². The average Bonchev–Trinajstić information content (AvgIpc) is 2.39. The zero-order valence-electron chi connectivity index (χ0n) is 11.7. The molecule has 0 fully saturated rings. The summed E-state index contributed by atoms with van der Waals surface area (Å²) < 4.78 is 0. The van der Waals surface area contributed by atoms with Gasteiger partial charge in [0.25, 0.3) is 0 Å². The zero-order chi connectivity index (χ0) is 13.0. The molecule has 0 saturated carbocycles. The van der Waals surface area contributed by atoms with Crippen molar-refractivity contribution in [2.24, 2.45) is 17.6 Å². The minimum atomic E-state index is 0.560. The van der Waals surface area contributed by atoms with Gasteiger partial charge >= 0.3 is 0 Å². The van der Waals surface area contributed by atoms with E-state index in [0.29, 0.717) is 11.8 Å². The molecule has 1 unspecified atom stereocenters. The van der Waals surface area contributed by atoms with Crippen molar-refractivity contribution < 1.29 is 0 Å². The maximum absolute atomic E-state index is 5.84. The van der Waals surface area contributed by atoms with Gasteiger partial charge in [0.2, 0.25) is 0 Å². The Labute approximate surface area is 111 Å². The van der Waals surface area contributed by atoms with Crippen molar-refractivity contribution in [3.8, 4) is 0 Å². The molecule has 0 spiro atoms. The van der Waals surface area contributed by atoms with Gasteiger partial charge in [-0.2, -0.15) is 0 Å². The largest absolute Gasteiger partial charge is 0.384 e. The Morgan fingerprint density at radius 1 is 1.22 bits per heavy atom. The first-order valence-electron chi connectivity index (χ1n) is 7.27. The van der Waals surface area contributed by atoms with Gasteiger partial charge in [-0.25, -0.2) is 0 Å². The summed E-state index contributed by atoms with van der Waals surface area (Å²) in [5, 5.41) is 3.63. The third-order valence-electron chi connectivity index (χ3n) is 4.20. The van der Waals surface area contributed by atoms with Crippen LogP contribution in [0.25, 0.3) is 0 Å². The monoisotopic (exact) mass is 246 g/mol. The molecule has 2 nitrogen and oxygen atoms in total. The summed E-state index contributed by atoms with van der Waals surface area (Å²) in [5.74, 6) is 1.20. The quantitative estimate of drug-likeness (QED) is 0.837. The Balaban J connectivity index is 2.05. The Kier molecular flexibility index (Phi) is 4.65. The van der Waals surface area contributed by atoms with Crippen LogP contribution in [0.1, 0.15) is 37.8 Å². The second-order valence-corrected chi connectivity index (χ2v) is 5.77. The highest BCUT2D eigenvalue weighted by molar-refractivity contribution is 5.55. The molecule has 18 heavy (non-hydrogen) atoms. The highest BCUT2D eigenvalue weighted by Gasteiger charge is 2.15. The second-order valence-electron chi connectivity index (χ2n) is 5.77. The molecule has 0 bridgehead atoms. The molecule has 2 rings (SSSR count). The number of fused-ring (bicyclic) bond motifs is 1. The highest BCUT2D eigenvalue weighted by Crippen LogP contribution is 2.28. The third-order valence-corrected chi connectivity index (χ3v) is 4.20. The molecule has 0 saturated heterocycles. The van der Waals surface area contributed by atoms with E-state index in [4.69, 9.17) is 5.73 Å². The van der Waals surface area contributed by atoms with Gasteiger partial charge in [-0.1, -0.05) is 26.0 Å².